The summed E-state index contributed by atoms with van der Waals surface area (Å²) < 4.78 is 36.9. The van der Waals surface area contributed by atoms with Gasteiger partial charge in [-0.15, -0.1) is 0 Å². The summed E-state index contributed by atoms with van der Waals surface area (Å²) in [7, 11) is 1.63. The molecule has 1 saturated heterocycles. The van der Waals surface area contributed by atoms with Crippen molar-refractivity contribution in [3.8, 4) is 0 Å². The summed E-state index contributed by atoms with van der Waals surface area (Å²) in [6.45, 7) is 3.81. The summed E-state index contributed by atoms with van der Waals surface area (Å²) in [4.78, 5) is 0.0398. The maximum absolute atomic E-state index is 13.5. The predicted molar refractivity (Wildman–Crippen MR) is 78.1 cm³/mol. The van der Waals surface area contributed by atoms with Gasteiger partial charge in [-0.1, -0.05) is 6.92 Å². The number of halogens is 2. The molecule has 0 radical (unpaired) electrons. The molecule has 0 amide bonds. The van der Waals surface area contributed by atoms with E-state index in [2.05, 4.69) is 5.32 Å². The van der Waals surface area contributed by atoms with E-state index in [1.54, 1.807) is 0 Å². The minimum absolute atomic E-state index is 0.00187. The Labute approximate surface area is 123 Å². The van der Waals surface area contributed by atoms with Crippen molar-refractivity contribution >= 4 is 19.7 Å². The van der Waals surface area contributed by atoms with Crippen LogP contribution in [0.15, 0.2) is 23.1 Å². The molecular weight excluding hydrogens is 301 g/mol. The zero-order valence-corrected chi connectivity index (χ0v) is 13.0. The first-order valence-corrected chi connectivity index (χ1v) is 9.19. The molecule has 2 atom stereocenters. The lowest BCUT2D eigenvalue weighted by atomic mass is 9.80. The van der Waals surface area contributed by atoms with Crippen molar-refractivity contribution in [3.63, 3.8) is 0 Å². The first-order chi connectivity index (χ1) is 9.43. The van der Waals surface area contributed by atoms with Gasteiger partial charge < -0.3 is 5.32 Å². The number of hydrogen-bond donors (Lipinski definition) is 1. The number of hydrogen-bond acceptors (Lipinski definition) is 3. The summed E-state index contributed by atoms with van der Waals surface area (Å²) in [5.74, 6) is -0.110. The van der Waals surface area contributed by atoms with Gasteiger partial charge in [0.1, 0.15) is 5.82 Å². The summed E-state index contributed by atoms with van der Waals surface area (Å²) >= 11 is 0. The maximum Gasteiger partial charge on any atom is 0.261 e. The molecule has 1 aliphatic rings. The molecule has 1 aromatic rings. The van der Waals surface area contributed by atoms with Crippen LogP contribution in [0, 0.1) is 11.7 Å². The van der Waals surface area contributed by atoms with E-state index in [9.17, 15) is 12.8 Å². The van der Waals surface area contributed by atoms with Crippen LogP contribution in [0.2, 0.25) is 0 Å². The molecule has 20 heavy (non-hydrogen) atoms. The largest absolute Gasteiger partial charge is 0.316 e. The third-order valence-electron chi connectivity index (χ3n) is 3.98. The monoisotopic (exact) mass is 319 g/mol. The minimum Gasteiger partial charge on any atom is -0.316 e. The number of nitrogens with one attached hydrogen (secondary N) is 1. The Balaban J connectivity index is 2.44. The smallest absolute Gasteiger partial charge is 0.261 e. The topological polar surface area (TPSA) is 46.2 Å². The van der Waals surface area contributed by atoms with Crippen LogP contribution < -0.4 is 5.32 Å². The molecule has 0 saturated carbocycles. The highest BCUT2D eigenvalue weighted by Gasteiger charge is 2.28. The van der Waals surface area contributed by atoms with Gasteiger partial charge in [0.2, 0.25) is 0 Å². The van der Waals surface area contributed by atoms with Crippen LogP contribution >= 0.6 is 10.7 Å². The zero-order valence-electron chi connectivity index (χ0n) is 11.4. The first-order valence-electron chi connectivity index (χ1n) is 6.88. The molecule has 6 heteroatoms. The summed E-state index contributed by atoms with van der Waals surface area (Å²) in [5.41, 5.74) is 0.510. The van der Waals surface area contributed by atoms with E-state index in [0.29, 0.717) is 11.5 Å². The Morgan fingerprint density at radius 1 is 1.50 bits per heavy atom. The van der Waals surface area contributed by atoms with Crippen molar-refractivity contribution in [1.29, 1.82) is 0 Å². The van der Waals surface area contributed by atoms with Gasteiger partial charge in [-0.25, -0.2) is 12.8 Å². The third-order valence-corrected chi connectivity index (χ3v) is 5.37. The van der Waals surface area contributed by atoms with E-state index in [-0.39, 0.29) is 10.8 Å². The molecule has 3 nitrogen and oxygen atoms in total. The Kier molecular flexibility index (Phi) is 5.04. The second kappa shape index (κ2) is 6.41. The summed E-state index contributed by atoms with van der Waals surface area (Å²) in [5, 5.41) is 3.32. The van der Waals surface area contributed by atoms with Gasteiger partial charge in [-0.05, 0) is 68.0 Å². The predicted octanol–water partition coefficient (Wildman–Crippen LogP) is 3.25. The highest BCUT2D eigenvalue weighted by molar-refractivity contribution is 8.13. The Hall–Kier alpha value is -0.650. The quantitative estimate of drug-likeness (QED) is 0.867. The molecular formula is C14H19ClFNO2S. The van der Waals surface area contributed by atoms with Gasteiger partial charge in [-0.2, -0.15) is 0 Å². The second-order valence-corrected chi connectivity index (χ2v) is 7.78. The molecule has 1 fully saturated rings. The van der Waals surface area contributed by atoms with Crippen LogP contribution in [0.5, 0.6) is 0 Å². The first kappa shape index (κ1) is 15.7. The van der Waals surface area contributed by atoms with Crippen LogP contribution in [0.3, 0.4) is 0 Å². The average Bonchev–Trinajstić information content (AvgIpc) is 2.39. The molecule has 0 spiro atoms. The van der Waals surface area contributed by atoms with Crippen molar-refractivity contribution in [2.75, 3.05) is 13.1 Å². The number of piperidine rings is 1. The van der Waals surface area contributed by atoms with Crippen LogP contribution in [0.1, 0.15) is 37.7 Å². The Morgan fingerprint density at radius 3 is 2.80 bits per heavy atom. The standard InChI is InChI=1S/C14H19ClFNO2S/c1-2-12(10-4-3-7-17-9-10)13-8-11(16)5-6-14(13)20(15,18)19/h5-6,8,10,12,17H,2-4,7,9H2,1H3. The van der Waals surface area contributed by atoms with E-state index < -0.39 is 14.9 Å². The molecule has 0 aliphatic carbocycles. The Morgan fingerprint density at radius 2 is 2.25 bits per heavy atom. The van der Waals surface area contributed by atoms with Gasteiger partial charge in [-0.3, -0.25) is 0 Å². The van der Waals surface area contributed by atoms with E-state index in [1.807, 2.05) is 6.92 Å². The van der Waals surface area contributed by atoms with Crippen molar-refractivity contribution in [3.05, 3.63) is 29.6 Å². The highest BCUT2D eigenvalue weighted by atomic mass is 35.7. The average molecular weight is 320 g/mol. The van der Waals surface area contributed by atoms with Crippen molar-refractivity contribution in [2.45, 2.75) is 37.0 Å². The minimum atomic E-state index is -3.86. The van der Waals surface area contributed by atoms with Crippen molar-refractivity contribution in [1.82, 2.24) is 5.32 Å². The van der Waals surface area contributed by atoms with Gasteiger partial charge >= 0.3 is 0 Å². The molecule has 1 N–H and O–H groups in total. The van der Waals surface area contributed by atoms with Crippen LogP contribution in [0.4, 0.5) is 4.39 Å². The van der Waals surface area contributed by atoms with Crippen LogP contribution in [0.25, 0.3) is 0 Å². The van der Waals surface area contributed by atoms with Gasteiger partial charge in [0.25, 0.3) is 9.05 Å². The van der Waals surface area contributed by atoms with Gasteiger partial charge in [0.15, 0.2) is 0 Å². The number of rotatable bonds is 4. The molecule has 1 heterocycles. The fraction of sp³-hybridized carbons (Fsp3) is 0.571. The van der Waals surface area contributed by atoms with Crippen molar-refractivity contribution in [2.24, 2.45) is 5.92 Å². The second-order valence-electron chi connectivity index (χ2n) is 5.24. The van der Waals surface area contributed by atoms with E-state index in [1.165, 1.54) is 12.1 Å². The molecule has 1 aromatic carbocycles. The number of benzene rings is 1. The highest BCUT2D eigenvalue weighted by Crippen LogP contribution is 2.37. The molecule has 2 unspecified atom stereocenters. The molecule has 0 aromatic heterocycles. The zero-order chi connectivity index (χ0) is 14.8. The van der Waals surface area contributed by atoms with Crippen LogP contribution in [-0.2, 0) is 9.05 Å². The van der Waals surface area contributed by atoms with Gasteiger partial charge in [0.05, 0.1) is 4.90 Å². The Bertz CT molecular complexity index is 571. The SMILES string of the molecule is CCC(c1cc(F)ccc1S(=O)(=O)Cl)C1CCCNC1. The third kappa shape index (κ3) is 3.51. The lowest BCUT2D eigenvalue weighted by Crippen LogP contribution is -2.33. The van der Waals surface area contributed by atoms with Crippen LogP contribution in [-0.4, -0.2) is 21.5 Å². The van der Waals surface area contributed by atoms with E-state index in [4.69, 9.17) is 10.7 Å². The normalized spacial score (nSPS) is 21.6. The lowest BCUT2D eigenvalue weighted by Gasteiger charge is -2.31. The fourth-order valence-corrected chi connectivity index (χ4v) is 4.20. The molecule has 0 bridgehead atoms. The molecule has 112 valence electrons. The summed E-state index contributed by atoms with van der Waals surface area (Å²) in [6.07, 6.45) is 2.83. The van der Waals surface area contributed by atoms with Gasteiger partial charge in [0, 0.05) is 10.7 Å². The maximum atomic E-state index is 13.5. The van der Waals surface area contributed by atoms with E-state index >= 15 is 0 Å². The van der Waals surface area contributed by atoms with E-state index in [0.717, 1.165) is 38.4 Å². The lowest BCUT2D eigenvalue weighted by molar-refractivity contribution is 0.313. The summed E-state index contributed by atoms with van der Waals surface area (Å²) in [6, 6.07) is 3.73. The van der Waals surface area contributed by atoms with Crippen molar-refractivity contribution < 1.29 is 12.8 Å². The molecule has 1 aliphatic heterocycles. The molecule has 2 rings (SSSR count). The fourth-order valence-electron chi connectivity index (χ4n) is 3.06.